The van der Waals surface area contributed by atoms with Gasteiger partial charge in [-0.05, 0) is 45.4 Å². The number of methoxy groups -OCH3 is 1. The number of benzene rings is 1. The van der Waals surface area contributed by atoms with Gasteiger partial charge in [-0.25, -0.2) is 9.59 Å². The minimum absolute atomic E-state index is 0.552. The summed E-state index contributed by atoms with van der Waals surface area (Å²) in [6.07, 6.45) is -0.684. The lowest BCUT2D eigenvalue weighted by Gasteiger charge is -2.22. The molecule has 122 valence electrons. The van der Waals surface area contributed by atoms with E-state index >= 15 is 0 Å². The van der Waals surface area contributed by atoms with Gasteiger partial charge in [-0.3, -0.25) is 0 Å². The predicted molar refractivity (Wildman–Crippen MR) is 81.7 cm³/mol. The minimum atomic E-state index is -0.935. The van der Waals surface area contributed by atoms with Crippen LogP contribution in [0.3, 0.4) is 0 Å². The van der Waals surface area contributed by atoms with Crippen molar-refractivity contribution in [3.05, 3.63) is 29.8 Å². The molecule has 1 atom stereocenters. The Bertz CT molecular complexity index is 504. The van der Waals surface area contributed by atoms with E-state index in [4.69, 9.17) is 14.2 Å². The van der Waals surface area contributed by atoms with Crippen molar-refractivity contribution >= 4 is 12.1 Å². The van der Waals surface area contributed by atoms with Gasteiger partial charge in [0.15, 0.2) is 6.04 Å². The molecule has 1 aromatic rings. The highest BCUT2D eigenvalue weighted by Gasteiger charge is 2.26. The molecule has 0 aliphatic heterocycles. The number of esters is 1. The summed E-state index contributed by atoms with van der Waals surface area (Å²) in [5.74, 6) is 0.113. The van der Waals surface area contributed by atoms with E-state index in [0.29, 0.717) is 17.9 Å². The van der Waals surface area contributed by atoms with Crippen LogP contribution in [0.1, 0.15) is 39.3 Å². The summed E-state index contributed by atoms with van der Waals surface area (Å²) >= 11 is 0. The molecule has 22 heavy (non-hydrogen) atoms. The van der Waals surface area contributed by atoms with E-state index in [1.54, 1.807) is 45.0 Å². The highest BCUT2D eigenvalue weighted by atomic mass is 16.6. The van der Waals surface area contributed by atoms with Crippen molar-refractivity contribution in [1.29, 1.82) is 0 Å². The first-order valence-electron chi connectivity index (χ1n) is 7.07. The first kappa shape index (κ1) is 17.8. The fourth-order valence-corrected chi connectivity index (χ4v) is 1.74. The molecule has 6 heteroatoms. The van der Waals surface area contributed by atoms with Gasteiger partial charge >= 0.3 is 12.1 Å². The molecular weight excluding hydrogens is 286 g/mol. The van der Waals surface area contributed by atoms with Gasteiger partial charge in [-0.2, -0.15) is 0 Å². The van der Waals surface area contributed by atoms with E-state index < -0.39 is 23.7 Å². The van der Waals surface area contributed by atoms with Gasteiger partial charge in [0.2, 0.25) is 0 Å². The van der Waals surface area contributed by atoms with E-state index in [-0.39, 0.29) is 0 Å². The van der Waals surface area contributed by atoms with Crippen LogP contribution < -0.4 is 10.1 Å². The highest BCUT2D eigenvalue weighted by Crippen LogP contribution is 2.20. The third-order valence-corrected chi connectivity index (χ3v) is 2.62. The molecule has 1 amide bonds. The summed E-state index contributed by atoms with van der Waals surface area (Å²) < 4.78 is 15.2. The molecule has 6 nitrogen and oxygen atoms in total. The fourth-order valence-electron chi connectivity index (χ4n) is 1.74. The van der Waals surface area contributed by atoms with Crippen molar-refractivity contribution in [2.24, 2.45) is 0 Å². The molecule has 0 heterocycles. The van der Waals surface area contributed by atoms with Crippen molar-refractivity contribution in [2.45, 2.75) is 39.3 Å². The summed E-state index contributed by atoms with van der Waals surface area (Å²) in [4.78, 5) is 23.8. The van der Waals surface area contributed by atoms with Gasteiger partial charge in [0.1, 0.15) is 11.4 Å². The fraction of sp³-hybridized carbons (Fsp3) is 0.500. The van der Waals surface area contributed by atoms with Crippen LogP contribution in [-0.4, -0.2) is 31.4 Å². The van der Waals surface area contributed by atoms with Crippen molar-refractivity contribution in [1.82, 2.24) is 5.32 Å². The molecule has 0 aliphatic carbocycles. The molecule has 0 aromatic heterocycles. The number of hydrogen-bond donors (Lipinski definition) is 1. The number of amides is 1. The average molecular weight is 309 g/mol. The third kappa shape index (κ3) is 5.63. The van der Waals surface area contributed by atoms with E-state index in [0.717, 1.165) is 0 Å². The van der Waals surface area contributed by atoms with Crippen LogP contribution in [0.15, 0.2) is 24.3 Å². The summed E-state index contributed by atoms with van der Waals surface area (Å²) in [7, 11) is 1.26. The van der Waals surface area contributed by atoms with E-state index in [2.05, 4.69) is 5.32 Å². The van der Waals surface area contributed by atoms with Gasteiger partial charge < -0.3 is 19.5 Å². The maximum Gasteiger partial charge on any atom is 0.408 e. The second-order valence-corrected chi connectivity index (χ2v) is 5.60. The number of rotatable bonds is 5. The van der Waals surface area contributed by atoms with Crippen LogP contribution in [0.25, 0.3) is 0 Å². The molecule has 0 spiro atoms. The summed E-state index contributed by atoms with van der Waals surface area (Å²) in [6, 6.07) is 5.92. The van der Waals surface area contributed by atoms with Gasteiger partial charge in [-0.15, -0.1) is 0 Å². The number of carbonyl (C=O) groups excluding carboxylic acids is 2. The van der Waals surface area contributed by atoms with Crippen LogP contribution >= 0.6 is 0 Å². The quantitative estimate of drug-likeness (QED) is 0.847. The Labute approximate surface area is 130 Å². The normalized spacial score (nSPS) is 12.2. The topological polar surface area (TPSA) is 73.9 Å². The molecule has 0 saturated carbocycles. The highest BCUT2D eigenvalue weighted by molar-refractivity contribution is 5.82. The molecule has 0 fully saturated rings. The lowest BCUT2D eigenvalue weighted by Crippen LogP contribution is -2.38. The summed E-state index contributed by atoms with van der Waals surface area (Å²) in [5.41, 5.74) is -0.0648. The van der Waals surface area contributed by atoms with E-state index in [1.165, 1.54) is 7.11 Å². The zero-order valence-electron chi connectivity index (χ0n) is 13.6. The maximum atomic E-state index is 11.9. The SMILES string of the molecule is CCOc1ccc([C@@H](NC(=O)OC(C)(C)C)C(=O)OC)cc1. The summed E-state index contributed by atoms with van der Waals surface area (Å²) in [5, 5.41) is 2.52. The lowest BCUT2D eigenvalue weighted by molar-refractivity contribution is -0.143. The van der Waals surface area contributed by atoms with Crippen molar-refractivity contribution in [3.63, 3.8) is 0 Å². The van der Waals surface area contributed by atoms with Crippen LogP contribution in [0, 0.1) is 0 Å². The predicted octanol–water partition coefficient (Wildman–Crippen LogP) is 2.82. The van der Waals surface area contributed by atoms with Gasteiger partial charge in [-0.1, -0.05) is 12.1 Å². The van der Waals surface area contributed by atoms with E-state index in [1.807, 2.05) is 6.92 Å². The number of hydrogen-bond acceptors (Lipinski definition) is 5. The Hall–Kier alpha value is -2.24. The zero-order valence-corrected chi connectivity index (χ0v) is 13.6. The monoisotopic (exact) mass is 309 g/mol. The molecular formula is C16H23NO5. The van der Waals surface area contributed by atoms with Gasteiger partial charge in [0, 0.05) is 0 Å². The van der Waals surface area contributed by atoms with Gasteiger partial charge in [0.25, 0.3) is 0 Å². The number of ether oxygens (including phenoxy) is 3. The molecule has 0 unspecified atom stereocenters. The second-order valence-electron chi connectivity index (χ2n) is 5.60. The molecule has 0 radical (unpaired) electrons. The van der Waals surface area contributed by atoms with Crippen LogP contribution in [0.4, 0.5) is 4.79 Å². The Balaban J connectivity index is 2.89. The lowest BCUT2D eigenvalue weighted by atomic mass is 10.1. The van der Waals surface area contributed by atoms with E-state index in [9.17, 15) is 9.59 Å². The minimum Gasteiger partial charge on any atom is -0.494 e. The number of nitrogens with one attached hydrogen (secondary N) is 1. The zero-order chi connectivity index (χ0) is 16.8. The molecule has 0 saturated heterocycles. The average Bonchev–Trinajstić information content (AvgIpc) is 2.43. The first-order chi connectivity index (χ1) is 10.3. The number of carbonyl (C=O) groups is 2. The second kappa shape index (κ2) is 7.68. The molecule has 1 aromatic carbocycles. The molecule has 0 aliphatic rings. The van der Waals surface area contributed by atoms with Crippen molar-refractivity contribution < 1.29 is 23.8 Å². The smallest absolute Gasteiger partial charge is 0.408 e. The van der Waals surface area contributed by atoms with Crippen LogP contribution in [0.2, 0.25) is 0 Å². The Morgan fingerprint density at radius 2 is 1.77 bits per heavy atom. The van der Waals surface area contributed by atoms with Crippen molar-refractivity contribution in [3.8, 4) is 5.75 Å². The largest absolute Gasteiger partial charge is 0.494 e. The Kier molecular flexibility index (Phi) is 6.22. The maximum absolute atomic E-state index is 11.9. The Morgan fingerprint density at radius 1 is 1.18 bits per heavy atom. The standard InChI is InChI=1S/C16H23NO5/c1-6-21-12-9-7-11(8-10-12)13(14(18)20-5)17-15(19)22-16(2,3)4/h7-10,13H,6H2,1-5H3,(H,17,19)/t13-/m1/s1. The summed E-state index contributed by atoms with van der Waals surface area (Å²) in [6.45, 7) is 7.68. The molecule has 1 rings (SSSR count). The Morgan fingerprint density at radius 3 is 2.23 bits per heavy atom. The first-order valence-corrected chi connectivity index (χ1v) is 7.07. The molecule has 0 bridgehead atoms. The van der Waals surface area contributed by atoms with Gasteiger partial charge in [0.05, 0.1) is 13.7 Å². The van der Waals surface area contributed by atoms with Crippen LogP contribution in [-0.2, 0) is 14.3 Å². The van der Waals surface area contributed by atoms with Crippen molar-refractivity contribution in [2.75, 3.05) is 13.7 Å². The number of alkyl carbamates (subject to hydrolysis) is 1. The molecule has 1 N–H and O–H groups in total. The third-order valence-electron chi connectivity index (χ3n) is 2.62. The van der Waals surface area contributed by atoms with Crippen LogP contribution in [0.5, 0.6) is 5.75 Å².